The van der Waals surface area contributed by atoms with Gasteiger partial charge in [-0.25, -0.2) is 0 Å². The third kappa shape index (κ3) is 6.31. The Morgan fingerprint density at radius 3 is 2.35 bits per heavy atom. The van der Waals surface area contributed by atoms with E-state index in [1.165, 1.54) is 6.92 Å². The first-order valence-corrected chi connectivity index (χ1v) is 10.5. The summed E-state index contributed by atoms with van der Waals surface area (Å²) in [6.07, 6.45) is 1.64. The monoisotopic (exact) mass is 424 g/mol. The molecule has 31 heavy (non-hydrogen) atoms. The van der Waals surface area contributed by atoms with Crippen LogP contribution in [0.5, 0.6) is 11.5 Å². The van der Waals surface area contributed by atoms with Gasteiger partial charge in [-0.1, -0.05) is 6.07 Å². The van der Waals surface area contributed by atoms with E-state index in [-0.39, 0.29) is 11.8 Å². The molecular formula is C24H28N2O5. The highest BCUT2D eigenvalue weighted by Gasteiger charge is 2.24. The van der Waals surface area contributed by atoms with Crippen LogP contribution in [-0.2, 0) is 4.79 Å². The largest absolute Gasteiger partial charge is 0.494 e. The fourth-order valence-electron chi connectivity index (χ4n) is 3.59. The minimum Gasteiger partial charge on any atom is -0.494 e. The first-order chi connectivity index (χ1) is 15.0. The lowest BCUT2D eigenvalue weighted by Gasteiger charge is -2.32. The number of nitrogens with one attached hydrogen (secondary N) is 1. The summed E-state index contributed by atoms with van der Waals surface area (Å²) in [7, 11) is 0. The second-order valence-corrected chi connectivity index (χ2v) is 7.52. The highest BCUT2D eigenvalue weighted by molar-refractivity contribution is 5.95. The number of amides is 2. The topological polar surface area (TPSA) is 84.9 Å². The molecule has 0 aliphatic carbocycles. The van der Waals surface area contributed by atoms with Crippen molar-refractivity contribution in [2.45, 2.75) is 26.7 Å². The van der Waals surface area contributed by atoms with Gasteiger partial charge >= 0.3 is 5.97 Å². The SMILES string of the molecule is CCOc1ccc(C(=O)NCC2CCN(C(=O)c3cccc(OC(C)=O)c3)CC2)cc1. The lowest BCUT2D eigenvalue weighted by atomic mass is 9.96. The maximum absolute atomic E-state index is 12.8. The van der Waals surface area contributed by atoms with Crippen LogP contribution in [0.4, 0.5) is 0 Å². The molecule has 2 aromatic carbocycles. The second-order valence-electron chi connectivity index (χ2n) is 7.52. The van der Waals surface area contributed by atoms with Gasteiger partial charge in [-0.2, -0.15) is 0 Å². The maximum Gasteiger partial charge on any atom is 0.308 e. The molecule has 1 aliphatic heterocycles. The number of piperidine rings is 1. The number of likely N-dealkylation sites (tertiary alicyclic amines) is 1. The van der Waals surface area contributed by atoms with Crippen molar-refractivity contribution in [2.75, 3.05) is 26.2 Å². The predicted molar refractivity (Wildman–Crippen MR) is 116 cm³/mol. The molecule has 0 saturated carbocycles. The average molecular weight is 424 g/mol. The van der Waals surface area contributed by atoms with E-state index in [2.05, 4.69) is 5.32 Å². The number of ether oxygens (including phenoxy) is 2. The number of hydrogen-bond acceptors (Lipinski definition) is 5. The molecule has 2 amide bonds. The summed E-state index contributed by atoms with van der Waals surface area (Å²) in [6.45, 7) is 5.66. The quantitative estimate of drug-likeness (QED) is 0.545. The molecule has 0 bridgehead atoms. The van der Waals surface area contributed by atoms with Crippen LogP contribution >= 0.6 is 0 Å². The molecule has 0 spiro atoms. The fourth-order valence-corrected chi connectivity index (χ4v) is 3.59. The summed E-state index contributed by atoms with van der Waals surface area (Å²) >= 11 is 0. The van der Waals surface area contributed by atoms with Crippen LogP contribution in [0.1, 0.15) is 47.4 Å². The van der Waals surface area contributed by atoms with Crippen LogP contribution in [0.25, 0.3) is 0 Å². The van der Waals surface area contributed by atoms with Crippen LogP contribution in [0.3, 0.4) is 0 Å². The van der Waals surface area contributed by atoms with Crippen molar-refractivity contribution in [3.63, 3.8) is 0 Å². The van der Waals surface area contributed by atoms with E-state index >= 15 is 0 Å². The molecule has 0 aromatic heterocycles. The van der Waals surface area contributed by atoms with Gasteiger partial charge in [0.1, 0.15) is 11.5 Å². The predicted octanol–water partition coefficient (Wildman–Crippen LogP) is 3.29. The molecule has 0 radical (unpaired) electrons. The Hall–Kier alpha value is -3.35. The number of carbonyl (C=O) groups is 3. The highest BCUT2D eigenvalue weighted by atomic mass is 16.5. The highest BCUT2D eigenvalue weighted by Crippen LogP contribution is 2.21. The normalized spacial score (nSPS) is 14.1. The Labute approximate surface area is 182 Å². The first-order valence-electron chi connectivity index (χ1n) is 10.5. The fraction of sp³-hybridized carbons (Fsp3) is 0.375. The zero-order chi connectivity index (χ0) is 22.2. The average Bonchev–Trinajstić information content (AvgIpc) is 2.78. The molecule has 1 fully saturated rings. The van der Waals surface area contributed by atoms with Crippen LogP contribution < -0.4 is 14.8 Å². The van der Waals surface area contributed by atoms with E-state index in [0.29, 0.717) is 49.0 Å². The number of benzene rings is 2. The Bertz CT molecular complexity index is 918. The van der Waals surface area contributed by atoms with Crippen molar-refractivity contribution < 1.29 is 23.9 Å². The number of carbonyl (C=O) groups excluding carboxylic acids is 3. The number of rotatable bonds is 7. The van der Waals surface area contributed by atoms with Crippen LogP contribution in [-0.4, -0.2) is 48.9 Å². The standard InChI is InChI=1S/C24H28N2O5/c1-3-30-21-9-7-19(8-10-21)23(28)25-16-18-11-13-26(14-12-18)24(29)20-5-4-6-22(15-20)31-17(2)27/h4-10,15,18H,3,11-14,16H2,1-2H3,(H,25,28). The van der Waals surface area contributed by atoms with Crippen molar-refractivity contribution in [2.24, 2.45) is 5.92 Å². The summed E-state index contributed by atoms with van der Waals surface area (Å²) in [4.78, 5) is 38.1. The summed E-state index contributed by atoms with van der Waals surface area (Å²) < 4.78 is 10.5. The minimum atomic E-state index is -0.419. The van der Waals surface area contributed by atoms with Crippen LogP contribution in [0.2, 0.25) is 0 Å². The van der Waals surface area contributed by atoms with Gasteiger partial charge in [-0.15, -0.1) is 0 Å². The van der Waals surface area contributed by atoms with Gasteiger partial charge < -0.3 is 19.7 Å². The van der Waals surface area contributed by atoms with Crippen molar-refractivity contribution in [1.29, 1.82) is 0 Å². The van der Waals surface area contributed by atoms with Crippen LogP contribution in [0.15, 0.2) is 48.5 Å². The summed E-state index contributed by atoms with van der Waals surface area (Å²) in [5.41, 5.74) is 1.10. The van der Waals surface area contributed by atoms with Gasteiger partial charge in [0.15, 0.2) is 0 Å². The smallest absolute Gasteiger partial charge is 0.308 e. The third-order valence-corrected chi connectivity index (χ3v) is 5.22. The van der Waals surface area contributed by atoms with Gasteiger partial charge in [0.2, 0.25) is 0 Å². The summed E-state index contributed by atoms with van der Waals surface area (Å²) in [6, 6.07) is 13.8. The van der Waals surface area contributed by atoms with Crippen molar-refractivity contribution >= 4 is 17.8 Å². The van der Waals surface area contributed by atoms with E-state index in [9.17, 15) is 14.4 Å². The van der Waals surface area contributed by atoms with Gasteiger partial charge in [0.05, 0.1) is 6.61 Å². The van der Waals surface area contributed by atoms with E-state index in [1.807, 2.05) is 6.92 Å². The number of nitrogens with zero attached hydrogens (tertiary/aromatic N) is 1. The Morgan fingerprint density at radius 1 is 1.00 bits per heavy atom. The molecule has 7 nitrogen and oxygen atoms in total. The van der Waals surface area contributed by atoms with Gasteiger partial charge in [-0.05, 0) is 68.1 Å². The molecule has 1 aliphatic rings. The summed E-state index contributed by atoms with van der Waals surface area (Å²) in [5, 5.41) is 2.99. The van der Waals surface area contributed by atoms with E-state index in [0.717, 1.165) is 18.6 Å². The molecule has 3 rings (SSSR count). The molecular weight excluding hydrogens is 396 g/mol. The minimum absolute atomic E-state index is 0.0779. The van der Waals surface area contributed by atoms with Gasteiger partial charge in [0, 0.05) is 37.7 Å². The first kappa shape index (κ1) is 22.3. The van der Waals surface area contributed by atoms with Gasteiger partial charge in [0.25, 0.3) is 11.8 Å². The molecule has 1 heterocycles. The van der Waals surface area contributed by atoms with Crippen molar-refractivity contribution in [3.8, 4) is 11.5 Å². The lowest BCUT2D eigenvalue weighted by Crippen LogP contribution is -2.41. The zero-order valence-corrected chi connectivity index (χ0v) is 17.9. The van der Waals surface area contributed by atoms with Gasteiger partial charge in [-0.3, -0.25) is 14.4 Å². The van der Waals surface area contributed by atoms with Crippen LogP contribution in [0, 0.1) is 5.92 Å². The molecule has 2 aromatic rings. The maximum atomic E-state index is 12.8. The molecule has 1 saturated heterocycles. The number of esters is 1. The zero-order valence-electron chi connectivity index (χ0n) is 17.9. The molecule has 164 valence electrons. The van der Waals surface area contributed by atoms with E-state index in [4.69, 9.17) is 9.47 Å². The van der Waals surface area contributed by atoms with Crippen molar-refractivity contribution in [3.05, 3.63) is 59.7 Å². The summed E-state index contributed by atoms with van der Waals surface area (Å²) in [5.74, 6) is 0.829. The number of hydrogen-bond donors (Lipinski definition) is 1. The molecule has 1 N–H and O–H groups in total. The van der Waals surface area contributed by atoms with Crippen molar-refractivity contribution in [1.82, 2.24) is 10.2 Å². The van der Waals surface area contributed by atoms with E-state index < -0.39 is 5.97 Å². The molecule has 0 unspecified atom stereocenters. The molecule has 7 heteroatoms. The third-order valence-electron chi connectivity index (χ3n) is 5.22. The Kier molecular flexibility index (Phi) is 7.65. The lowest BCUT2D eigenvalue weighted by molar-refractivity contribution is -0.131. The Balaban J connectivity index is 1.46. The Morgan fingerprint density at radius 2 is 1.71 bits per heavy atom. The second kappa shape index (κ2) is 10.6. The molecule has 0 atom stereocenters. The van der Waals surface area contributed by atoms with E-state index in [1.54, 1.807) is 53.4 Å².